The zero-order valence-electron chi connectivity index (χ0n) is 6.89. The van der Waals surface area contributed by atoms with Crippen molar-refractivity contribution in [2.75, 3.05) is 5.32 Å². The van der Waals surface area contributed by atoms with E-state index >= 15 is 0 Å². The van der Waals surface area contributed by atoms with Crippen LogP contribution in [0.3, 0.4) is 0 Å². The van der Waals surface area contributed by atoms with Gasteiger partial charge in [-0.3, -0.25) is 4.79 Å². The lowest BCUT2D eigenvalue weighted by Gasteiger charge is -2.01. The molecule has 0 atom stereocenters. The van der Waals surface area contributed by atoms with Crippen molar-refractivity contribution >= 4 is 11.7 Å². The highest BCUT2D eigenvalue weighted by molar-refractivity contribution is 5.87. The summed E-state index contributed by atoms with van der Waals surface area (Å²) in [6.45, 7) is 2.96. The molecule has 1 aromatic rings. The van der Waals surface area contributed by atoms with Gasteiger partial charge in [0, 0.05) is 12.5 Å². The first-order chi connectivity index (χ1) is 5.59. The first-order valence-electron chi connectivity index (χ1n) is 3.50. The summed E-state index contributed by atoms with van der Waals surface area (Å²) >= 11 is 0. The fraction of sp³-hybridized carbons (Fsp3) is 0.250. The van der Waals surface area contributed by atoms with E-state index in [0.717, 1.165) is 0 Å². The van der Waals surface area contributed by atoms with Crippen LogP contribution in [0.2, 0.25) is 0 Å². The van der Waals surface area contributed by atoms with Crippen LogP contribution < -0.4 is 5.32 Å². The summed E-state index contributed by atoms with van der Waals surface area (Å²) in [4.78, 5) is 14.1. The summed E-state index contributed by atoms with van der Waals surface area (Å²) in [5.41, 5.74) is 0.462. The van der Waals surface area contributed by atoms with Crippen molar-refractivity contribution in [3.8, 4) is 0 Å². The smallest absolute Gasteiger partial charge is 0.222 e. The van der Waals surface area contributed by atoms with E-state index < -0.39 is 5.95 Å². The van der Waals surface area contributed by atoms with Gasteiger partial charge in [-0.25, -0.2) is 4.98 Å². The number of halogens is 1. The van der Waals surface area contributed by atoms with Gasteiger partial charge in [0.1, 0.15) is 5.82 Å². The molecule has 1 aromatic heterocycles. The van der Waals surface area contributed by atoms with Gasteiger partial charge in [-0.2, -0.15) is 4.39 Å². The third-order valence-electron chi connectivity index (χ3n) is 1.34. The maximum atomic E-state index is 12.8. The quantitative estimate of drug-likeness (QED) is 0.645. The Morgan fingerprint density at radius 2 is 2.25 bits per heavy atom. The molecule has 0 fully saturated rings. The van der Waals surface area contributed by atoms with Crippen molar-refractivity contribution in [1.82, 2.24) is 4.98 Å². The van der Waals surface area contributed by atoms with Crippen LogP contribution in [-0.4, -0.2) is 10.9 Å². The van der Waals surface area contributed by atoms with Crippen LogP contribution in [0.4, 0.5) is 10.2 Å². The highest BCUT2D eigenvalue weighted by atomic mass is 19.1. The molecule has 1 rings (SSSR count). The summed E-state index contributed by atoms with van der Waals surface area (Å²) in [6.07, 6.45) is 0. The number of hydrogen-bond donors (Lipinski definition) is 1. The Kier molecular flexibility index (Phi) is 2.38. The average molecular weight is 168 g/mol. The van der Waals surface area contributed by atoms with Crippen molar-refractivity contribution in [2.45, 2.75) is 13.8 Å². The first kappa shape index (κ1) is 8.64. The third kappa shape index (κ3) is 2.02. The number of aryl methyl sites for hydroxylation is 1. The van der Waals surface area contributed by atoms with Crippen molar-refractivity contribution in [3.63, 3.8) is 0 Å². The van der Waals surface area contributed by atoms with Crippen LogP contribution in [0.15, 0.2) is 12.1 Å². The van der Waals surface area contributed by atoms with Gasteiger partial charge in [-0.05, 0) is 13.0 Å². The monoisotopic (exact) mass is 168 g/mol. The number of rotatable bonds is 1. The van der Waals surface area contributed by atoms with Crippen LogP contribution in [0, 0.1) is 12.9 Å². The normalized spacial score (nSPS) is 9.58. The maximum absolute atomic E-state index is 12.8. The molecular formula is C8H9FN2O. The number of nitrogens with zero attached hydrogens (tertiary/aromatic N) is 1. The SMILES string of the molecule is CC(=O)Nc1ccc(C)c(F)n1. The number of nitrogens with one attached hydrogen (secondary N) is 1. The standard InChI is InChI=1S/C8H9FN2O/c1-5-3-4-7(10-6(2)12)11-8(5)9/h3-4H,1-2H3,(H,10,11,12). The van der Waals surface area contributed by atoms with Gasteiger partial charge in [0.25, 0.3) is 0 Å². The molecule has 0 saturated carbocycles. The van der Waals surface area contributed by atoms with Gasteiger partial charge in [-0.15, -0.1) is 0 Å². The molecule has 0 bridgehead atoms. The van der Waals surface area contributed by atoms with Gasteiger partial charge in [0.2, 0.25) is 11.9 Å². The van der Waals surface area contributed by atoms with Crippen molar-refractivity contribution in [3.05, 3.63) is 23.6 Å². The lowest BCUT2D eigenvalue weighted by atomic mass is 10.3. The summed E-state index contributed by atoms with van der Waals surface area (Å²) in [5, 5.41) is 2.38. The molecule has 0 saturated heterocycles. The number of hydrogen-bond acceptors (Lipinski definition) is 2. The van der Waals surface area contributed by atoms with E-state index in [1.54, 1.807) is 19.1 Å². The summed E-state index contributed by atoms with van der Waals surface area (Å²) in [7, 11) is 0. The Balaban J connectivity index is 2.89. The Labute approximate surface area is 69.6 Å². The predicted molar refractivity (Wildman–Crippen MR) is 43.2 cm³/mol. The van der Waals surface area contributed by atoms with E-state index in [9.17, 15) is 9.18 Å². The zero-order valence-corrected chi connectivity index (χ0v) is 6.89. The minimum Gasteiger partial charge on any atom is -0.311 e. The zero-order chi connectivity index (χ0) is 9.14. The maximum Gasteiger partial charge on any atom is 0.222 e. The molecule has 4 heteroatoms. The van der Waals surface area contributed by atoms with Crippen LogP contribution in [0.25, 0.3) is 0 Å². The summed E-state index contributed by atoms with van der Waals surface area (Å²) in [6, 6.07) is 3.12. The molecule has 64 valence electrons. The molecule has 0 aliphatic rings. The molecule has 0 spiro atoms. The lowest BCUT2D eigenvalue weighted by molar-refractivity contribution is -0.114. The van der Waals surface area contributed by atoms with Crippen molar-refractivity contribution in [2.24, 2.45) is 0 Å². The fourth-order valence-corrected chi connectivity index (χ4v) is 0.754. The van der Waals surface area contributed by atoms with E-state index in [4.69, 9.17) is 0 Å². The van der Waals surface area contributed by atoms with Gasteiger partial charge >= 0.3 is 0 Å². The second-order valence-electron chi connectivity index (χ2n) is 2.49. The second kappa shape index (κ2) is 3.30. The second-order valence-corrected chi connectivity index (χ2v) is 2.49. The highest BCUT2D eigenvalue weighted by Gasteiger charge is 2.01. The number of amides is 1. The first-order valence-corrected chi connectivity index (χ1v) is 3.50. The van der Waals surface area contributed by atoms with Gasteiger partial charge < -0.3 is 5.32 Å². The lowest BCUT2D eigenvalue weighted by Crippen LogP contribution is -2.08. The molecule has 0 aromatic carbocycles. The Morgan fingerprint density at radius 3 is 2.75 bits per heavy atom. The number of aromatic nitrogens is 1. The highest BCUT2D eigenvalue weighted by Crippen LogP contribution is 2.07. The minimum atomic E-state index is -0.554. The average Bonchev–Trinajstić information content (AvgIpc) is 1.96. The molecule has 0 radical (unpaired) electrons. The van der Waals surface area contributed by atoms with Crippen LogP contribution in [0.1, 0.15) is 12.5 Å². The molecule has 3 nitrogen and oxygen atoms in total. The molecule has 0 aliphatic carbocycles. The van der Waals surface area contributed by atoms with Crippen molar-refractivity contribution < 1.29 is 9.18 Å². The Morgan fingerprint density at radius 1 is 1.58 bits per heavy atom. The molecular weight excluding hydrogens is 159 g/mol. The van der Waals surface area contributed by atoms with Crippen molar-refractivity contribution in [1.29, 1.82) is 0 Å². The van der Waals surface area contributed by atoms with Gasteiger partial charge in [-0.1, -0.05) is 6.07 Å². The molecule has 12 heavy (non-hydrogen) atoms. The van der Waals surface area contributed by atoms with Gasteiger partial charge in [0.15, 0.2) is 0 Å². The van der Waals surface area contributed by atoms with Crippen LogP contribution in [0.5, 0.6) is 0 Å². The van der Waals surface area contributed by atoms with Crippen LogP contribution >= 0.6 is 0 Å². The fourth-order valence-electron chi connectivity index (χ4n) is 0.754. The summed E-state index contributed by atoms with van der Waals surface area (Å²) < 4.78 is 12.8. The Hall–Kier alpha value is -1.45. The molecule has 1 heterocycles. The van der Waals surface area contributed by atoms with E-state index in [0.29, 0.717) is 5.56 Å². The van der Waals surface area contributed by atoms with E-state index in [1.165, 1.54) is 6.92 Å². The topological polar surface area (TPSA) is 42.0 Å². The Bertz CT molecular complexity index is 312. The van der Waals surface area contributed by atoms with Crippen LogP contribution in [-0.2, 0) is 4.79 Å². The summed E-state index contributed by atoms with van der Waals surface area (Å²) in [5.74, 6) is -0.572. The van der Waals surface area contributed by atoms with Gasteiger partial charge in [0.05, 0.1) is 0 Å². The molecule has 1 amide bonds. The largest absolute Gasteiger partial charge is 0.311 e. The number of anilines is 1. The molecule has 1 N–H and O–H groups in total. The number of carbonyl (C=O) groups excluding carboxylic acids is 1. The predicted octanol–water partition coefficient (Wildman–Crippen LogP) is 1.49. The third-order valence-corrected chi connectivity index (χ3v) is 1.34. The molecule has 0 aliphatic heterocycles. The van der Waals surface area contributed by atoms with E-state index in [1.807, 2.05) is 0 Å². The van der Waals surface area contributed by atoms with E-state index in [2.05, 4.69) is 10.3 Å². The molecule has 0 unspecified atom stereocenters. The number of pyridine rings is 1. The van der Waals surface area contributed by atoms with E-state index in [-0.39, 0.29) is 11.7 Å². The minimum absolute atomic E-state index is 0.241. The number of carbonyl (C=O) groups is 1.